The lowest BCUT2D eigenvalue weighted by Crippen LogP contribution is -2.53. The summed E-state index contributed by atoms with van der Waals surface area (Å²) in [6, 6.07) is 2.96. The summed E-state index contributed by atoms with van der Waals surface area (Å²) in [6.07, 6.45) is 6.05. The summed E-state index contributed by atoms with van der Waals surface area (Å²) >= 11 is 0. The summed E-state index contributed by atoms with van der Waals surface area (Å²) in [6.45, 7) is 3.09. The maximum absolute atomic E-state index is 14.4. The first-order valence-electron chi connectivity index (χ1n) is 10.1. The molecule has 1 saturated heterocycles. The van der Waals surface area contributed by atoms with Crippen molar-refractivity contribution in [2.24, 2.45) is 0 Å². The SMILES string of the molecule is CCC1C(=O)Nc2cnc(-n3ccnc3-c3ccc(F)cc3F)nc2N1C1CCOC1. The number of benzene rings is 1. The number of imidazole rings is 1. The van der Waals surface area contributed by atoms with Gasteiger partial charge < -0.3 is 15.0 Å². The summed E-state index contributed by atoms with van der Waals surface area (Å²) in [5.41, 5.74) is 0.647. The molecule has 4 heterocycles. The molecular formula is C21H20F2N6O2. The minimum atomic E-state index is -0.728. The Labute approximate surface area is 176 Å². The number of nitrogens with one attached hydrogen (secondary N) is 1. The Morgan fingerprint density at radius 1 is 1.29 bits per heavy atom. The molecule has 2 atom stereocenters. The zero-order valence-electron chi connectivity index (χ0n) is 16.8. The third-order valence-electron chi connectivity index (χ3n) is 5.61. The molecule has 2 aliphatic rings. The smallest absolute Gasteiger partial charge is 0.247 e. The number of carbonyl (C=O) groups is 1. The lowest BCUT2D eigenvalue weighted by molar-refractivity contribution is -0.117. The molecule has 0 radical (unpaired) electrons. The van der Waals surface area contributed by atoms with Crippen LogP contribution >= 0.6 is 0 Å². The second-order valence-electron chi connectivity index (χ2n) is 7.49. The number of amides is 1. The predicted octanol–water partition coefficient (Wildman–Crippen LogP) is 2.93. The van der Waals surface area contributed by atoms with Crippen molar-refractivity contribution in [2.45, 2.75) is 31.8 Å². The van der Waals surface area contributed by atoms with Crippen LogP contribution in [0, 0.1) is 11.6 Å². The van der Waals surface area contributed by atoms with Gasteiger partial charge in [-0.3, -0.25) is 9.36 Å². The van der Waals surface area contributed by atoms with Crippen LogP contribution in [0.4, 0.5) is 20.3 Å². The molecule has 0 saturated carbocycles. The van der Waals surface area contributed by atoms with Crippen molar-refractivity contribution in [3.63, 3.8) is 0 Å². The summed E-state index contributed by atoms with van der Waals surface area (Å²) < 4.78 is 34.8. The van der Waals surface area contributed by atoms with Crippen LogP contribution in [0.1, 0.15) is 19.8 Å². The van der Waals surface area contributed by atoms with Gasteiger partial charge in [-0.1, -0.05) is 6.92 Å². The van der Waals surface area contributed by atoms with Gasteiger partial charge in [0, 0.05) is 25.1 Å². The highest BCUT2D eigenvalue weighted by Gasteiger charge is 2.39. The van der Waals surface area contributed by atoms with Gasteiger partial charge in [0.05, 0.1) is 24.4 Å². The van der Waals surface area contributed by atoms with E-state index in [9.17, 15) is 13.6 Å². The molecule has 1 fully saturated rings. The van der Waals surface area contributed by atoms with Crippen molar-refractivity contribution in [1.29, 1.82) is 0 Å². The lowest BCUT2D eigenvalue weighted by atomic mass is 10.0. The molecule has 5 rings (SSSR count). The van der Waals surface area contributed by atoms with Crippen molar-refractivity contribution >= 4 is 17.4 Å². The number of hydrogen-bond donors (Lipinski definition) is 1. The standard InChI is InChI=1S/C21H20F2N6O2/c1-2-17-20(30)26-16-10-25-21(27-19(16)29(17)13-5-8-31-11-13)28-7-6-24-18(28)14-4-3-12(22)9-15(14)23/h3-4,6-7,9-10,13,17H,2,5,8,11H2,1H3,(H,26,30). The number of ether oxygens (including phenoxy) is 1. The van der Waals surface area contributed by atoms with Crippen LogP contribution in [-0.4, -0.2) is 50.7 Å². The van der Waals surface area contributed by atoms with Crippen LogP contribution in [0.25, 0.3) is 17.3 Å². The van der Waals surface area contributed by atoms with E-state index in [1.807, 2.05) is 11.8 Å². The number of aromatic nitrogens is 4. The third kappa shape index (κ3) is 3.32. The van der Waals surface area contributed by atoms with E-state index >= 15 is 0 Å². The quantitative estimate of drug-likeness (QED) is 0.691. The number of hydrogen-bond acceptors (Lipinski definition) is 6. The van der Waals surface area contributed by atoms with Gasteiger partial charge in [0.15, 0.2) is 5.82 Å². The molecule has 1 amide bonds. The molecule has 0 spiro atoms. The molecule has 2 aromatic heterocycles. The van der Waals surface area contributed by atoms with Crippen LogP contribution in [0.5, 0.6) is 0 Å². The van der Waals surface area contributed by atoms with Crippen LogP contribution in [-0.2, 0) is 9.53 Å². The van der Waals surface area contributed by atoms with Crippen LogP contribution in [0.15, 0.2) is 36.8 Å². The highest BCUT2D eigenvalue weighted by molar-refractivity contribution is 6.02. The highest BCUT2D eigenvalue weighted by Crippen LogP contribution is 2.35. The average molecular weight is 426 g/mol. The zero-order chi connectivity index (χ0) is 21.5. The van der Waals surface area contributed by atoms with Gasteiger partial charge in [-0.2, -0.15) is 4.98 Å². The Kier molecular flexibility index (Phi) is 4.85. The monoisotopic (exact) mass is 426 g/mol. The molecule has 160 valence electrons. The maximum atomic E-state index is 14.4. The Hall–Kier alpha value is -3.40. The molecule has 31 heavy (non-hydrogen) atoms. The van der Waals surface area contributed by atoms with Crippen molar-refractivity contribution < 1.29 is 18.3 Å². The number of anilines is 2. The first-order chi connectivity index (χ1) is 15.1. The Morgan fingerprint density at radius 2 is 2.16 bits per heavy atom. The summed E-state index contributed by atoms with van der Waals surface area (Å²) in [5, 5.41) is 2.88. The normalized spacial score (nSPS) is 20.6. The van der Waals surface area contributed by atoms with Gasteiger partial charge in [-0.15, -0.1) is 0 Å². The van der Waals surface area contributed by atoms with E-state index in [1.165, 1.54) is 29.1 Å². The largest absolute Gasteiger partial charge is 0.379 e. The molecule has 1 aromatic carbocycles. The van der Waals surface area contributed by atoms with E-state index in [0.29, 0.717) is 31.1 Å². The molecule has 0 bridgehead atoms. The van der Waals surface area contributed by atoms with Crippen LogP contribution in [0.3, 0.4) is 0 Å². The molecular weight excluding hydrogens is 406 g/mol. The molecule has 2 aliphatic heterocycles. The molecule has 10 heteroatoms. The number of nitrogens with zero attached hydrogens (tertiary/aromatic N) is 5. The highest BCUT2D eigenvalue weighted by atomic mass is 19.1. The first kappa shape index (κ1) is 19.6. The van der Waals surface area contributed by atoms with E-state index in [2.05, 4.69) is 15.3 Å². The van der Waals surface area contributed by atoms with Crippen molar-refractivity contribution in [3.05, 3.63) is 48.4 Å². The predicted molar refractivity (Wildman–Crippen MR) is 109 cm³/mol. The van der Waals surface area contributed by atoms with Crippen molar-refractivity contribution in [3.8, 4) is 17.3 Å². The number of rotatable bonds is 4. The second kappa shape index (κ2) is 7.69. The van der Waals surface area contributed by atoms with E-state index in [0.717, 1.165) is 12.5 Å². The number of carbonyl (C=O) groups excluding carboxylic acids is 1. The van der Waals surface area contributed by atoms with Gasteiger partial charge in [0.1, 0.15) is 29.2 Å². The summed E-state index contributed by atoms with van der Waals surface area (Å²) in [4.78, 5) is 27.9. The minimum Gasteiger partial charge on any atom is -0.379 e. The number of halogens is 2. The van der Waals surface area contributed by atoms with Gasteiger partial charge in [-0.25, -0.2) is 18.7 Å². The average Bonchev–Trinajstić information content (AvgIpc) is 3.45. The molecule has 1 N–H and O–H groups in total. The van der Waals surface area contributed by atoms with Gasteiger partial charge in [-0.05, 0) is 25.0 Å². The molecule has 3 aromatic rings. The van der Waals surface area contributed by atoms with Crippen LogP contribution < -0.4 is 10.2 Å². The summed E-state index contributed by atoms with van der Waals surface area (Å²) in [5.74, 6) is -0.389. The fourth-order valence-corrected chi connectivity index (χ4v) is 4.14. The third-order valence-corrected chi connectivity index (χ3v) is 5.61. The second-order valence-corrected chi connectivity index (χ2v) is 7.49. The Bertz CT molecular complexity index is 1140. The van der Waals surface area contributed by atoms with E-state index in [4.69, 9.17) is 9.72 Å². The van der Waals surface area contributed by atoms with Crippen molar-refractivity contribution in [1.82, 2.24) is 19.5 Å². The lowest BCUT2D eigenvalue weighted by Gasteiger charge is -2.39. The minimum absolute atomic E-state index is 0.0225. The van der Waals surface area contributed by atoms with E-state index < -0.39 is 11.6 Å². The summed E-state index contributed by atoms with van der Waals surface area (Å²) in [7, 11) is 0. The Morgan fingerprint density at radius 3 is 2.90 bits per heavy atom. The first-order valence-corrected chi connectivity index (χ1v) is 10.1. The molecule has 2 unspecified atom stereocenters. The van der Waals surface area contributed by atoms with Crippen molar-refractivity contribution in [2.75, 3.05) is 23.4 Å². The maximum Gasteiger partial charge on any atom is 0.247 e. The zero-order valence-corrected chi connectivity index (χ0v) is 16.8. The Balaban J connectivity index is 1.61. The van der Waals surface area contributed by atoms with Gasteiger partial charge >= 0.3 is 0 Å². The molecule has 0 aliphatic carbocycles. The van der Waals surface area contributed by atoms with Gasteiger partial charge in [0.2, 0.25) is 11.9 Å². The number of fused-ring (bicyclic) bond motifs is 1. The molecule has 8 nitrogen and oxygen atoms in total. The van der Waals surface area contributed by atoms with Gasteiger partial charge in [0.25, 0.3) is 0 Å². The van der Waals surface area contributed by atoms with E-state index in [1.54, 1.807) is 6.20 Å². The fourth-order valence-electron chi connectivity index (χ4n) is 4.14. The van der Waals surface area contributed by atoms with Crippen LogP contribution in [0.2, 0.25) is 0 Å². The topological polar surface area (TPSA) is 85.2 Å². The fraction of sp³-hybridized carbons (Fsp3) is 0.333. The van der Waals surface area contributed by atoms with E-state index in [-0.39, 0.29) is 35.3 Å².